The average Bonchev–Trinajstić information content (AvgIpc) is 2.01. The summed E-state index contributed by atoms with van der Waals surface area (Å²) < 4.78 is 4.68. The maximum Gasteiger partial charge on any atom is 0.306 e. The molecule has 84 valence electrons. The molecule has 0 fully saturated rings. The van der Waals surface area contributed by atoms with Gasteiger partial charge >= 0.3 is 5.97 Å². The minimum atomic E-state index is -0.134. The van der Waals surface area contributed by atoms with E-state index in [1.807, 2.05) is 0 Å². The Morgan fingerprint density at radius 3 is 2.07 bits per heavy atom. The van der Waals surface area contributed by atoms with E-state index in [-0.39, 0.29) is 16.8 Å². The van der Waals surface area contributed by atoms with E-state index >= 15 is 0 Å². The number of rotatable bonds is 5. The predicted octanol–water partition coefficient (Wildman–Crippen LogP) is 2.92. The van der Waals surface area contributed by atoms with E-state index in [2.05, 4.69) is 45.1 Å². The van der Waals surface area contributed by atoms with Gasteiger partial charge in [-0.2, -0.15) is 12.6 Å². The molecule has 0 spiro atoms. The van der Waals surface area contributed by atoms with Crippen LogP contribution in [0, 0.1) is 10.8 Å². The summed E-state index contributed by atoms with van der Waals surface area (Å²) in [4.78, 5) is 11.2. The Balaban J connectivity index is 4.26. The largest absolute Gasteiger partial charge is 0.469 e. The number of thiol groups is 1. The van der Waals surface area contributed by atoms with Crippen LogP contribution in [0.3, 0.4) is 0 Å². The van der Waals surface area contributed by atoms with Gasteiger partial charge in [0.2, 0.25) is 0 Å². The molecule has 0 aliphatic carbocycles. The quantitative estimate of drug-likeness (QED) is 0.567. The standard InChI is InChI=1S/C11H22O2S/c1-10(2,6-9(12)13-5)7-11(3,4)8-14/h14H,6-8H2,1-5H3. The monoisotopic (exact) mass is 218 g/mol. The first kappa shape index (κ1) is 13.8. The van der Waals surface area contributed by atoms with E-state index in [9.17, 15) is 4.79 Å². The van der Waals surface area contributed by atoms with Gasteiger partial charge in [-0.3, -0.25) is 4.79 Å². The van der Waals surface area contributed by atoms with Crippen LogP contribution in [0.15, 0.2) is 0 Å². The van der Waals surface area contributed by atoms with Gasteiger partial charge in [-0.1, -0.05) is 27.7 Å². The molecule has 0 saturated heterocycles. The molecule has 0 unspecified atom stereocenters. The average molecular weight is 218 g/mol. The van der Waals surface area contributed by atoms with Gasteiger partial charge in [-0.15, -0.1) is 0 Å². The summed E-state index contributed by atoms with van der Waals surface area (Å²) in [7, 11) is 1.43. The van der Waals surface area contributed by atoms with Crippen LogP contribution >= 0.6 is 12.6 Å². The van der Waals surface area contributed by atoms with Crippen molar-refractivity contribution in [2.24, 2.45) is 10.8 Å². The summed E-state index contributed by atoms with van der Waals surface area (Å²) >= 11 is 4.31. The molecule has 0 saturated carbocycles. The van der Waals surface area contributed by atoms with Crippen molar-refractivity contribution in [3.63, 3.8) is 0 Å². The third-order valence-corrected chi connectivity index (χ3v) is 3.09. The fourth-order valence-corrected chi connectivity index (χ4v) is 1.99. The van der Waals surface area contributed by atoms with E-state index < -0.39 is 0 Å². The van der Waals surface area contributed by atoms with Gasteiger partial charge in [0.05, 0.1) is 13.5 Å². The van der Waals surface area contributed by atoms with Crippen molar-refractivity contribution < 1.29 is 9.53 Å². The first-order valence-electron chi connectivity index (χ1n) is 4.90. The fourth-order valence-electron chi connectivity index (χ4n) is 1.88. The minimum absolute atomic E-state index is 0.0146. The lowest BCUT2D eigenvalue weighted by Crippen LogP contribution is -2.27. The Hall–Kier alpha value is -0.180. The highest BCUT2D eigenvalue weighted by Crippen LogP contribution is 2.36. The van der Waals surface area contributed by atoms with Crippen LogP contribution in [-0.4, -0.2) is 18.8 Å². The molecule has 0 rings (SSSR count). The molecule has 0 N–H and O–H groups in total. The van der Waals surface area contributed by atoms with Gasteiger partial charge in [-0.05, 0) is 23.0 Å². The lowest BCUT2D eigenvalue weighted by Gasteiger charge is -2.33. The number of hydrogen-bond donors (Lipinski definition) is 1. The van der Waals surface area contributed by atoms with Gasteiger partial charge in [0.1, 0.15) is 0 Å². The molecule has 0 aromatic carbocycles. The lowest BCUT2D eigenvalue weighted by atomic mass is 9.74. The highest BCUT2D eigenvalue weighted by Gasteiger charge is 2.30. The first-order chi connectivity index (χ1) is 6.22. The van der Waals surface area contributed by atoms with Crippen molar-refractivity contribution in [3.8, 4) is 0 Å². The zero-order valence-corrected chi connectivity index (χ0v) is 10.8. The van der Waals surface area contributed by atoms with Crippen molar-refractivity contribution in [2.45, 2.75) is 40.5 Å². The Labute approximate surface area is 92.8 Å². The van der Waals surface area contributed by atoms with Crippen LogP contribution in [0.1, 0.15) is 40.5 Å². The van der Waals surface area contributed by atoms with Gasteiger partial charge in [0.15, 0.2) is 0 Å². The summed E-state index contributed by atoms with van der Waals surface area (Å²) in [6, 6.07) is 0. The molecule has 0 amide bonds. The van der Waals surface area contributed by atoms with Crippen molar-refractivity contribution in [3.05, 3.63) is 0 Å². The van der Waals surface area contributed by atoms with Gasteiger partial charge < -0.3 is 4.74 Å². The summed E-state index contributed by atoms with van der Waals surface area (Å²) in [5.41, 5.74) is 0.153. The second-order valence-electron chi connectivity index (χ2n) is 5.42. The number of carbonyl (C=O) groups excluding carboxylic acids is 1. The molecule has 0 aliphatic rings. The van der Waals surface area contributed by atoms with Crippen LogP contribution < -0.4 is 0 Å². The van der Waals surface area contributed by atoms with E-state index in [0.29, 0.717) is 6.42 Å². The van der Waals surface area contributed by atoms with Crippen molar-refractivity contribution in [2.75, 3.05) is 12.9 Å². The molecular weight excluding hydrogens is 196 g/mol. The molecule has 0 aliphatic heterocycles. The Bertz CT molecular complexity index is 197. The van der Waals surface area contributed by atoms with Gasteiger partial charge in [0, 0.05) is 0 Å². The number of hydrogen-bond acceptors (Lipinski definition) is 3. The van der Waals surface area contributed by atoms with Crippen molar-refractivity contribution in [1.29, 1.82) is 0 Å². The SMILES string of the molecule is COC(=O)CC(C)(C)CC(C)(C)CS. The van der Waals surface area contributed by atoms with Crippen molar-refractivity contribution in [1.82, 2.24) is 0 Å². The Morgan fingerprint density at radius 1 is 1.21 bits per heavy atom. The van der Waals surface area contributed by atoms with Crippen LogP contribution in [0.2, 0.25) is 0 Å². The highest BCUT2D eigenvalue weighted by molar-refractivity contribution is 7.80. The van der Waals surface area contributed by atoms with E-state index in [1.54, 1.807) is 0 Å². The Kier molecular flexibility index (Phi) is 4.99. The van der Waals surface area contributed by atoms with Crippen LogP contribution in [0.5, 0.6) is 0 Å². The third-order valence-electron chi connectivity index (χ3n) is 2.24. The second kappa shape index (κ2) is 5.06. The van der Waals surface area contributed by atoms with E-state index in [4.69, 9.17) is 0 Å². The van der Waals surface area contributed by atoms with Crippen molar-refractivity contribution >= 4 is 18.6 Å². The third kappa shape index (κ3) is 5.53. The molecule has 0 aromatic rings. The molecule has 2 nitrogen and oxygen atoms in total. The topological polar surface area (TPSA) is 26.3 Å². The Morgan fingerprint density at radius 2 is 1.71 bits per heavy atom. The van der Waals surface area contributed by atoms with Crippen LogP contribution in [0.25, 0.3) is 0 Å². The smallest absolute Gasteiger partial charge is 0.306 e. The van der Waals surface area contributed by atoms with Gasteiger partial charge in [0.25, 0.3) is 0 Å². The highest BCUT2D eigenvalue weighted by atomic mass is 32.1. The van der Waals surface area contributed by atoms with Crippen LogP contribution in [0.4, 0.5) is 0 Å². The molecular formula is C11H22O2S. The summed E-state index contributed by atoms with van der Waals surface area (Å²) in [6.07, 6.45) is 1.44. The number of ether oxygens (including phenoxy) is 1. The fraction of sp³-hybridized carbons (Fsp3) is 0.909. The molecule has 0 aromatic heterocycles. The number of methoxy groups -OCH3 is 1. The summed E-state index contributed by atoms with van der Waals surface area (Å²) in [5.74, 6) is 0.697. The van der Waals surface area contributed by atoms with E-state index in [0.717, 1.165) is 12.2 Å². The molecule has 0 heterocycles. The molecule has 0 atom stereocenters. The second-order valence-corrected chi connectivity index (χ2v) is 5.73. The molecule has 0 bridgehead atoms. The molecule has 0 radical (unpaired) electrons. The van der Waals surface area contributed by atoms with Crippen LogP contribution in [-0.2, 0) is 9.53 Å². The maximum absolute atomic E-state index is 11.2. The molecule has 14 heavy (non-hydrogen) atoms. The zero-order valence-electron chi connectivity index (χ0n) is 9.89. The van der Waals surface area contributed by atoms with E-state index in [1.165, 1.54) is 7.11 Å². The normalized spacial score (nSPS) is 12.7. The predicted molar refractivity (Wildman–Crippen MR) is 62.7 cm³/mol. The minimum Gasteiger partial charge on any atom is -0.469 e. The lowest BCUT2D eigenvalue weighted by molar-refractivity contribution is -0.143. The summed E-state index contributed by atoms with van der Waals surface area (Å²) in [6.45, 7) is 8.52. The first-order valence-corrected chi connectivity index (χ1v) is 5.53. The number of carbonyl (C=O) groups is 1. The summed E-state index contributed by atoms with van der Waals surface area (Å²) in [5, 5.41) is 0. The maximum atomic E-state index is 11.2. The van der Waals surface area contributed by atoms with Gasteiger partial charge in [-0.25, -0.2) is 0 Å². The molecule has 3 heteroatoms. The zero-order chi connectivity index (χ0) is 11.4. The number of esters is 1.